The molecule has 0 spiro atoms. The molecule has 8 heteroatoms. The first kappa shape index (κ1) is 22.5. The van der Waals surface area contributed by atoms with Gasteiger partial charge in [-0.25, -0.2) is 0 Å². The van der Waals surface area contributed by atoms with Crippen molar-refractivity contribution in [1.82, 2.24) is 20.1 Å². The topological polar surface area (TPSA) is 85.5 Å². The van der Waals surface area contributed by atoms with Crippen LogP contribution in [0.5, 0.6) is 0 Å². The van der Waals surface area contributed by atoms with Gasteiger partial charge in [0.25, 0.3) is 5.91 Å². The lowest BCUT2D eigenvalue weighted by molar-refractivity contribution is -0.141. The van der Waals surface area contributed by atoms with E-state index in [-0.39, 0.29) is 23.6 Å². The number of fused-ring (bicyclic) bond motifs is 1. The Hall–Kier alpha value is -3.32. The number of piperazine rings is 1. The molecule has 3 aromatic rings. The van der Waals surface area contributed by atoms with Crippen molar-refractivity contribution in [1.29, 1.82) is 0 Å². The molecule has 176 valence electrons. The van der Waals surface area contributed by atoms with E-state index in [0.717, 1.165) is 29.3 Å². The highest BCUT2D eigenvalue weighted by Gasteiger charge is 2.36. The average Bonchev–Trinajstić information content (AvgIpc) is 3.64. The van der Waals surface area contributed by atoms with Crippen LogP contribution in [0, 0.1) is 5.92 Å². The van der Waals surface area contributed by atoms with E-state index in [1.165, 1.54) is 0 Å². The van der Waals surface area contributed by atoms with E-state index >= 15 is 0 Å². The fourth-order valence-electron chi connectivity index (χ4n) is 4.56. The summed E-state index contributed by atoms with van der Waals surface area (Å²) in [6.45, 7) is 1.98. The number of aromatic amines is 1. The van der Waals surface area contributed by atoms with E-state index in [9.17, 15) is 14.4 Å². The van der Waals surface area contributed by atoms with Crippen molar-refractivity contribution in [3.05, 3.63) is 70.9 Å². The number of hydrogen-bond acceptors (Lipinski definition) is 3. The van der Waals surface area contributed by atoms with Crippen molar-refractivity contribution in [2.75, 3.05) is 26.2 Å². The molecule has 2 heterocycles. The number of carbonyl (C=O) groups excluding carboxylic acids is 3. The summed E-state index contributed by atoms with van der Waals surface area (Å²) < 4.78 is 0. The van der Waals surface area contributed by atoms with Crippen molar-refractivity contribution in [2.45, 2.75) is 25.3 Å². The van der Waals surface area contributed by atoms with Crippen LogP contribution in [0.25, 0.3) is 10.9 Å². The average molecular weight is 479 g/mol. The molecule has 0 bridgehead atoms. The maximum atomic E-state index is 13.6. The molecule has 1 aromatic heterocycles. The Morgan fingerprint density at radius 3 is 2.38 bits per heavy atom. The largest absolute Gasteiger partial charge is 0.361 e. The Morgan fingerprint density at radius 1 is 0.971 bits per heavy atom. The van der Waals surface area contributed by atoms with E-state index in [1.807, 2.05) is 35.4 Å². The minimum absolute atomic E-state index is 0.149. The quantitative estimate of drug-likeness (QED) is 0.570. The zero-order valence-electron chi connectivity index (χ0n) is 18.8. The lowest BCUT2D eigenvalue weighted by atomic mass is 10.0. The third kappa shape index (κ3) is 4.66. The van der Waals surface area contributed by atoms with Gasteiger partial charge in [0.1, 0.15) is 6.04 Å². The fraction of sp³-hybridized carbons (Fsp3) is 0.346. The van der Waals surface area contributed by atoms with Crippen LogP contribution in [0.4, 0.5) is 0 Å². The summed E-state index contributed by atoms with van der Waals surface area (Å²) in [5.41, 5.74) is 2.27. The summed E-state index contributed by atoms with van der Waals surface area (Å²) in [6.07, 6.45) is 4.18. The zero-order chi connectivity index (χ0) is 23.7. The summed E-state index contributed by atoms with van der Waals surface area (Å²) >= 11 is 6.23. The number of benzene rings is 2. The number of hydrogen-bond donors (Lipinski definition) is 2. The lowest BCUT2D eigenvalue weighted by Crippen LogP contribution is -2.56. The Bertz CT molecular complexity index is 1230. The Balaban J connectivity index is 1.34. The summed E-state index contributed by atoms with van der Waals surface area (Å²) in [5, 5.41) is 4.29. The molecule has 1 saturated heterocycles. The molecule has 1 aliphatic heterocycles. The molecule has 2 N–H and O–H groups in total. The van der Waals surface area contributed by atoms with Gasteiger partial charge in [-0.1, -0.05) is 41.9 Å². The number of rotatable bonds is 6. The van der Waals surface area contributed by atoms with E-state index in [2.05, 4.69) is 10.3 Å². The first-order valence-electron chi connectivity index (χ1n) is 11.7. The van der Waals surface area contributed by atoms with Gasteiger partial charge in [-0.15, -0.1) is 0 Å². The highest BCUT2D eigenvalue weighted by Crippen LogP contribution is 2.31. The van der Waals surface area contributed by atoms with Gasteiger partial charge in [-0.05, 0) is 36.6 Å². The van der Waals surface area contributed by atoms with Crippen LogP contribution < -0.4 is 5.32 Å². The highest BCUT2D eigenvalue weighted by molar-refractivity contribution is 6.33. The Labute approximate surface area is 203 Å². The standard InChI is InChI=1S/C26H27ClN4O3/c27-21-7-3-1-6-20(21)24(32)29-23(15-18-16-28-22-8-4-2-5-19(18)22)26(34)31-13-11-30(12-14-31)25(33)17-9-10-17/h1-8,16-17,23,28H,9-15H2,(H,29,32)/t23-/m1/s1. The van der Waals surface area contributed by atoms with Crippen molar-refractivity contribution >= 4 is 40.2 Å². The molecule has 1 saturated carbocycles. The number of nitrogens with one attached hydrogen (secondary N) is 2. The minimum atomic E-state index is -0.756. The normalized spacial score (nSPS) is 17.0. The first-order valence-corrected chi connectivity index (χ1v) is 12.1. The predicted octanol–water partition coefficient (Wildman–Crippen LogP) is 3.24. The van der Waals surface area contributed by atoms with Gasteiger partial charge in [-0.3, -0.25) is 14.4 Å². The lowest BCUT2D eigenvalue weighted by Gasteiger charge is -2.36. The van der Waals surface area contributed by atoms with Gasteiger partial charge in [-0.2, -0.15) is 0 Å². The number of amides is 3. The van der Waals surface area contributed by atoms with Gasteiger partial charge < -0.3 is 20.1 Å². The van der Waals surface area contributed by atoms with Gasteiger partial charge in [0, 0.05) is 55.6 Å². The third-order valence-corrected chi connectivity index (χ3v) is 6.98. The predicted molar refractivity (Wildman–Crippen MR) is 131 cm³/mol. The molecule has 1 atom stereocenters. The van der Waals surface area contributed by atoms with Gasteiger partial charge in [0.15, 0.2) is 0 Å². The summed E-state index contributed by atoms with van der Waals surface area (Å²) in [6, 6.07) is 13.9. The second-order valence-corrected chi connectivity index (χ2v) is 9.40. The van der Waals surface area contributed by atoms with Crippen LogP contribution in [0.2, 0.25) is 5.02 Å². The zero-order valence-corrected chi connectivity index (χ0v) is 19.6. The maximum absolute atomic E-state index is 13.6. The monoisotopic (exact) mass is 478 g/mol. The fourth-order valence-corrected chi connectivity index (χ4v) is 4.78. The van der Waals surface area contributed by atoms with E-state index in [4.69, 9.17) is 11.6 Å². The van der Waals surface area contributed by atoms with Crippen LogP contribution >= 0.6 is 11.6 Å². The number of H-pyrrole nitrogens is 1. The van der Waals surface area contributed by atoms with Crippen molar-refractivity contribution in [3.8, 4) is 0 Å². The van der Waals surface area contributed by atoms with Crippen LogP contribution in [0.3, 0.4) is 0 Å². The van der Waals surface area contributed by atoms with Crippen molar-refractivity contribution < 1.29 is 14.4 Å². The summed E-state index contributed by atoms with van der Waals surface area (Å²) in [4.78, 5) is 45.9. The molecular formula is C26H27ClN4O3. The molecule has 2 aliphatic rings. The van der Waals surface area contributed by atoms with Crippen LogP contribution in [0.15, 0.2) is 54.7 Å². The molecule has 7 nitrogen and oxygen atoms in total. The Kier molecular flexibility index (Phi) is 6.28. The van der Waals surface area contributed by atoms with Gasteiger partial charge in [0.2, 0.25) is 11.8 Å². The molecule has 0 radical (unpaired) electrons. The number of aromatic nitrogens is 1. The van der Waals surface area contributed by atoms with E-state index in [0.29, 0.717) is 43.2 Å². The van der Waals surface area contributed by atoms with Gasteiger partial charge >= 0.3 is 0 Å². The Morgan fingerprint density at radius 2 is 1.65 bits per heavy atom. The molecule has 2 aromatic carbocycles. The molecule has 1 aliphatic carbocycles. The smallest absolute Gasteiger partial charge is 0.253 e. The van der Waals surface area contributed by atoms with E-state index < -0.39 is 6.04 Å². The highest BCUT2D eigenvalue weighted by atomic mass is 35.5. The number of carbonyl (C=O) groups is 3. The number of para-hydroxylation sites is 1. The molecule has 34 heavy (non-hydrogen) atoms. The minimum Gasteiger partial charge on any atom is -0.361 e. The number of nitrogens with zero attached hydrogens (tertiary/aromatic N) is 2. The van der Waals surface area contributed by atoms with Crippen LogP contribution in [0.1, 0.15) is 28.8 Å². The van der Waals surface area contributed by atoms with Crippen LogP contribution in [-0.2, 0) is 16.0 Å². The molecular weight excluding hydrogens is 452 g/mol. The van der Waals surface area contributed by atoms with E-state index in [1.54, 1.807) is 29.2 Å². The van der Waals surface area contributed by atoms with Gasteiger partial charge in [0.05, 0.1) is 10.6 Å². The SMILES string of the molecule is O=C(N[C@H](Cc1c[nH]c2ccccc12)C(=O)N1CCN(C(=O)C2CC2)CC1)c1ccccc1Cl. The molecule has 5 rings (SSSR count). The maximum Gasteiger partial charge on any atom is 0.253 e. The van der Waals surface area contributed by atoms with Crippen molar-refractivity contribution in [2.24, 2.45) is 5.92 Å². The van der Waals surface area contributed by atoms with Crippen molar-refractivity contribution in [3.63, 3.8) is 0 Å². The molecule has 3 amide bonds. The summed E-state index contributed by atoms with van der Waals surface area (Å²) in [5.74, 6) is -0.156. The van der Waals surface area contributed by atoms with Crippen LogP contribution in [-0.4, -0.2) is 64.7 Å². The molecule has 0 unspecified atom stereocenters. The second kappa shape index (κ2) is 9.50. The second-order valence-electron chi connectivity index (χ2n) is 8.99. The number of halogens is 1. The third-order valence-electron chi connectivity index (χ3n) is 6.65. The summed E-state index contributed by atoms with van der Waals surface area (Å²) in [7, 11) is 0. The molecule has 2 fully saturated rings. The first-order chi connectivity index (χ1) is 16.5.